The van der Waals surface area contributed by atoms with Gasteiger partial charge in [-0.15, -0.1) is 11.6 Å². The minimum Gasteiger partial charge on any atom is -0.355 e. The van der Waals surface area contributed by atoms with E-state index in [0.29, 0.717) is 5.92 Å². The van der Waals surface area contributed by atoms with Gasteiger partial charge < -0.3 is 4.90 Å². The lowest BCUT2D eigenvalue weighted by molar-refractivity contribution is 0.447. The average molecular weight is 240 g/mol. The fourth-order valence-electron chi connectivity index (χ4n) is 2.21. The summed E-state index contributed by atoms with van der Waals surface area (Å²) in [5.41, 5.74) is 1.99. The van der Waals surface area contributed by atoms with Crippen molar-refractivity contribution in [2.24, 2.45) is 5.92 Å². The van der Waals surface area contributed by atoms with Gasteiger partial charge in [0.05, 0.1) is 11.4 Å². The largest absolute Gasteiger partial charge is 0.355 e. The minimum atomic E-state index is 0.595. The van der Waals surface area contributed by atoms with Crippen molar-refractivity contribution in [2.75, 3.05) is 23.9 Å². The molecule has 16 heavy (non-hydrogen) atoms. The van der Waals surface area contributed by atoms with Crippen molar-refractivity contribution in [3.63, 3.8) is 0 Å². The van der Waals surface area contributed by atoms with Gasteiger partial charge >= 0.3 is 0 Å². The zero-order valence-electron chi connectivity index (χ0n) is 9.91. The molecular formula is C12H18ClN3. The van der Waals surface area contributed by atoms with Crippen molar-refractivity contribution in [1.29, 1.82) is 0 Å². The molecule has 1 aromatic rings. The van der Waals surface area contributed by atoms with E-state index in [1.165, 1.54) is 12.8 Å². The van der Waals surface area contributed by atoms with Crippen LogP contribution >= 0.6 is 11.6 Å². The van der Waals surface area contributed by atoms with Crippen molar-refractivity contribution < 1.29 is 0 Å². The Morgan fingerprint density at radius 1 is 1.50 bits per heavy atom. The second kappa shape index (κ2) is 5.00. The number of halogens is 1. The van der Waals surface area contributed by atoms with E-state index in [4.69, 9.17) is 11.6 Å². The molecule has 1 aliphatic rings. The Hall–Kier alpha value is -0.830. The Labute approximate surface area is 102 Å². The van der Waals surface area contributed by atoms with E-state index in [1.807, 2.05) is 20.0 Å². The summed E-state index contributed by atoms with van der Waals surface area (Å²) in [6.07, 6.45) is 4.26. The number of hydrogen-bond donors (Lipinski definition) is 0. The monoisotopic (exact) mass is 239 g/mol. The molecule has 88 valence electrons. The number of hydrogen-bond acceptors (Lipinski definition) is 3. The highest BCUT2D eigenvalue weighted by atomic mass is 35.5. The van der Waals surface area contributed by atoms with Gasteiger partial charge in [-0.1, -0.05) is 0 Å². The summed E-state index contributed by atoms with van der Waals surface area (Å²) < 4.78 is 0. The van der Waals surface area contributed by atoms with E-state index in [-0.39, 0.29) is 0 Å². The van der Waals surface area contributed by atoms with Crippen LogP contribution in [0.15, 0.2) is 6.20 Å². The van der Waals surface area contributed by atoms with E-state index in [2.05, 4.69) is 14.9 Å². The maximum absolute atomic E-state index is 5.94. The number of rotatable bonds is 2. The summed E-state index contributed by atoms with van der Waals surface area (Å²) in [6, 6.07) is 0. The Morgan fingerprint density at radius 2 is 2.31 bits per heavy atom. The molecule has 1 unspecified atom stereocenters. The first kappa shape index (κ1) is 11.6. The lowest BCUT2D eigenvalue weighted by atomic mass is 10.00. The fourth-order valence-corrected chi connectivity index (χ4v) is 2.46. The second-order valence-corrected chi connectivity index (χ2v) is 4.84. The molecule has 0 aliphatic carbocycles. The van der Waals surface area contributed by atoms with Crippen molar-refractivity contribution in [3.05, 3.63) is 17.6 Å². The molecule has 0 N–H and O–H groups in total. The first-order valence-electron chi connectivity index (χ1n) is 5.82. The maximum atomic E-state index is 5.94. The average Bonchev–Trinajstić information content (AvgIpc) is 2.32. The minimum absolute atomic E-state index is 0.595. The van der Waals surface area contributed by atoms with Crippen LogP contribution in [0.5, 0.6) is 0 Å². The van der Waals surface area contributed by atoms with Crippen molar-refractivity contribution in [2.45, 2.75) is 26.7 Å². The summed E-state index contributed by atoms with van der Waals surface area (Å²) in [5, 5.41) is 0. The number of piperidine rings is 1. The third-order valence-electron chi connectivity index (χ3n) is 3.09. The van der Waals surface area contributed by atoms with Crippen molar-refractivity contribution in [1.82, 2.24) is 9.97 Å². The third kappa shape index (κ3) is 2.46. The summed E-state index contributed by atoms with van der Waals surface area (Å²) in [4.78, 5) is 11.3. The number of alkyl halides is 1. The molecule has 2 rings (SSSR count). The standard InChI is InChI=1S/C12H18ClN3/c1-9-7-14-10(2)12(15-9)16-5-3-4-11(6-13)8-16/h7,11H,3-6,8H2,1-2H3. The summed E-state index contributed by atoms with van der Waals surface area (Å²) >= 11 is 5.94. The molecule has 0 amide bonds. The highest BCUT2D eigenvalue weighted by Gasteiger charge is 2.21. The van der Waals surface area contributed by atoms with E-state index in [0.717, 1.165) is 36.2 Å². The van der Waals surface area contributed by atoms with Crippen LogP contribution in [0.3, 0.4) is 0 Å². The molecular weight excluding hydrogens is 222 g/mol. The van der Waals surface area contributed by atoms with Gasteiger partial charge in [-0.2, -0.15) is 0 Å². The molecule has 1 atom stereocenters. The van der Waals surface area contributed by atoms with Crippen molar-refractivity contribution in [3.8, 4) is 0 Å². The van der Waals surface area contributed by atoms with Gasteiger partial charge in [0.25, 0.3) is 0 Å². The zero-order chi connectivity index (χ0) is 11.5. The van der Waals surface area contributed by atoms with Crippen molar-refractivity contribution >= 4 is 17.4 Å². The molecule has 1 fully saturated rings. The first-order valence-corrected chi connectivity index (χ1v) is 6.35. The van der Waals surface area contributed by atoms with E-state index in [1.54, 1.807) is 0 Å². The van der Waals surface area contributed by atoms with Gasteiger partial charge in [-0.3, -0.25) is 4.98 Å². The number of anilines is 1. The van der Waals surface area contributed by atoms with Crippen LogP contribution in [0.25, 0.3) is 0 Å². The quantitative estimate of drug-likeness (QED) is 0.743. The van der Waals surface area contributed by atoms with Crippen LogP contribution < -0.4 is 4.90 Å². The topological polar surface area (TPSA) is 29.0 Å². The van der Waals surface area contributed by atoms with Gasteiger partial charge in [0, 0.05) is 25.2 Å². The smallest absolute Gasteiger partial charge is 0.150 e. The Morgan fingerprint density at radius 3 is 3.06 bits per heavy atom. The molecule has 1 aliphatic heterocycles. The SMILES string of the molecule is Cc1cnc(C)c(N2CCCC(CCl)C2)n1. The first-order chi connectivity index (χ1) is 7.70. The highest BCUT2D eigenvalue weighted by molar-refractivity contribution is 6.18. The Bertz CT molecular complexity index is 367. The van der Waals surface area contributed by atoms with Crippen LogP contribution in [0.2, 0.25) is 0 Å². The molecule has 0 bridgehead atoms. The van der Waals surface area contributed by atoms with Gasteiger partial charge in [-0.25, -0.2) is 4.98 Å². The van der Waals surface area contributed by atoms with E-state index < -0.39 is 0 Å². The molecule has 2 heterocycles. The number of nitrogens with zero attached hydrogens (tertiary/aromatic N) is 3. The summed E-state index contributed by atoms with van der Waals surface area (Å²) in [7, 11) is 0. The van der Waals surface area contributed by atoms with E-state index >= 15 is 0 Å². The Kier molecular flexibility index (Phi) is 3.64. The van der Waals surface area contributed by atoms with Gasteiger partial charge in [0.1, 0.15) is 5.82 Å². The predicted octanol–water partition coefficient (Wildman–Crippen LogP) is 2.55. The highest BCUT2D eigenvalue weighted by Crippen LogP contribution is 2.24. The normalized spacial score (nSPS) is 21.2. The van der Waals surface area contributed by atoms with Gasteiger partial charge in [0.15, 0.2) is 0 Å². The molecule has 1 saturated heterocycles. The molecule has 0 radical (unpaired) electrons. The molecule has 0 spiro atoms. The van der Waals surface area contributed by atoms with Crippen LogP contribution in [-0.2, 0) is 0 Å². The van der Waals surface area contributed by atoms with Gasteiger partial charge in [0.2, 0.25) is 0 Å². The summed E-state index contributed by atoms with van der Waals surface area (Å²) in [6.45, 7) is 6.10. The molecule has 4 heteroatoms. The van der Waals surface area contributed by atoms with Crippen LogP contribution in [-0.4, -0.2) is 28.9 Å². The van der Waals surface area contributed by atoms with Crippen LogP contribution in [0, 0.1) is 19.8 Å². The Balaban J connectivity index is 2.19. The molecule has 1 aromatic heterocycles. The number of aromatic nitrogens is 2. The number of aryl methyl sites for hydroxylation is 2. The maximum Gasteiger partial charge on any atom is 0.150 e. The summed E-state index contributed by atoms with van der Waals surface area (Å²) in [5.74, 6) is 2.38. The lowest BCUT2D eigenvalue weighted by Crippen LogP contribution is -2.37. The second-order valence-electron chi connectivity index (χ2n) is 4.53. The lowest BCUT2D eigenvalue weighted by Gasteiger charge is -2.33. The zero-order valence-corrected chi connectivity index (χ0v) is 10.7. The van der Waals surface area contributed by atoms with Gasteiger partial charge in [-0.05, 0) is 32.6 Å². The molecule has 3 nitrogen and oxygen atoms in total. The molecule has 0 aromatic carbocycles. The molecule has 0 saturated carbocycles. The van der Waals surface area contributed by atoms with E-state index in [9.17, 15) is 0 Å². The van der Waals surface area contributed by atoms with Crippen LogP contribution in [0.4, 0.5) is 5.82 Å². The fraction of sp³-hybridized carbons (Fsp3) is 0.667. The predicted molar refractivity (Wildman–Crippen MR) is 67.2 cm³/mol. The third-order valence-corrected chi connectivity index (χ3v) is 3.52. The van der Waals surface area contributed by atoms with Crippen LogP contribution in [0.1, 0.15) is 24.2 Å².